The summed E-state index contributed by atoms with van der Waals surface area (Å²) < 4.78 is 19.9. The maximum Gasteiger partial charge on any atom is 0.323 e. The molecular weight excluding hydrogens is 242 g/mol. The Balaban J connectivity index is 3.06. The molecule has 0 aliphatic carbocycles. The zero-order valence-corrected chi connectivity index (χ0v) is 10.4. The fourth-order valence-electron chi connectivity index (χ4n) is 1.19. The van der Waals surface area contributed by atoms with Crippen LogP contribution in [-0.4, -0.2) is 50.4 Å². The van der Waals surface area contributed by atoms with Gasteiger partial charge in [0.1, 0.15) is 6.61 Å². The van der Waals surface area contributed by atoms with E-state index in [2.05, 4.69) is 9.97 Å². The molecule has 0 saturated heterocycles. The number of primary amides is 1. The Kier molecular flexibility index (Phi) is 5.12. The number of rotatable bonds is 7. The van der Waals surface area contributed by atoms with Crippen LogP contribution in [0.25, 0.3) is 0 Å². The molecule has 0 aliphatic heterocycles. The minimum atomic E-state index is -0.743. The van der Waals surface area contributed by atoms with E-state index < -0.39 is 5.91 Å². The number of hydrogen-bond acceptors (Lipinski definition) is 7. The number of nitrogens with zero attached hydrogens (tertiary/aromatic N) is 2. The third-order valence-corrected chi connectivity index (χ3v) is 1.97. The highest BCUT2D eigenvalue weighted by Gasteiger charge is 2.21. The number of carbonyl (C=O) groups is 1. The van der Waals surface area contributed by atoms with Crippen molar-refractivity contribution in [3.05, 3.63) is 5.56 Å². The lowest BCUT2D eigenvalue weighted by Gasteiger charge is -2.11. The van der Waals surface area contributed by atoms with Crippen LogP contribution < -0.4 is 19.9 Å². The maximum absolute atomic E-state index is 11.3. The molecule has 0 fully saturated rings. The number of carbonyl (C=O) groups excluding carboxylic acids is 1. The summed E-state index contributed by atoms with van der Waals surface area (Å²) in [7, 11) is 4.25. The van der Waals surface area contributed by atoms with Gasteiger partial charge in [-0.15, -0.1) is 0 Å². The van der Waals surface area contributed by atoms with Gasteiger partial charge >= 0.3 is 6.01 Å². The van der Waals surface area contributed by atoms with Gasteiger partial charge in [-0.2, -0.15) is 9.97 Å². The first kappa shape index (κ1) is 14.0. The second kappa shape index (κ2) is 6.60. The van der Waals surface area contributed by atoms with Crippen LogP contribution in [0.4, 0.5) is 0 Å². The van der Waals surface area contributed by atoms with Crippen molar-refractivity contribution in [1.82, 2.24) is 9.97 Å². The molecule has 8 nitrogen and oxygen atoms in total. The predicted octanol–water partition coefficient (Wildman–Crippen LogP) is -0.382. The lowest BCUT2D eigenvalue weighted by molar-refractivity contribution is 0.0991. The van der Waals surface area contributed by atoms with Gasteiger partial charge in [0.15, 0.2) is 5.56 Å². The summed E-state index contributed by atoms with van der Waals surface area (Å²) in [5.41, 5.74) is 5.17. The smallest absolute Gasteiger partial charge is 0.323 e. The van der Waals surface area contributed by atoms with Crippen molar-refractivity contribution >= 4 is 5.91 Å². The fraction of sp³-hybridized carbons (Fsp3) is 0.500. The molecule has 0 saturated carbocycles. The molecule has 0 radical (unpaired) electrons. The average molecular weight is 257 g/mol. The van der Waals surface area contributed by atoms with Crippen molar-refractivity contribution in [2.45, 2.75) is 0 Å². The quantitative estimate of drug-likeness (QED) is 0.663. The van der Waals surface area contributed by atoms with Crippen molar-refractivity contribution in [3.63, 3.8) is 0 Å². The largest absolute Gasteiger partial charge is 0.480 e. The van der Waals surface area contributed by atoms with Crippen molar-refractivity contribution in [2.24, 2.45) is 5.73 Å². The van der Waals surface area contributed by atoms with Crippen molar-refractivity contribution in [2.75, 3.05) is 34.5 Å². The van der Waals surface area contributed by atoms with E-state index in [1.54, 1.807) is 7.11 Å². The third-order valence-electron chi connectivity index (χ3n) is 1.97. The molecule has 1 amide bonds. The van der Waals surface area contributed by atoms with Gasteiger partial charge in [0.2, 0.25) is 11.8 Å². The van der Waals surface area contributed by atoms with Crippen LogP contribution in [0, 0.1) is 0 Å². The molecule has 1 heterocycles. The molecule has 8 heteroatoms. The third kappa shape index (κ3) is 3.20. The summed E-state index contributed by atoms with van der Waals surface area (Å²) in [6.45, 7) is 0.643. The number of hydrogen-bond donors (Lipinski definition) is 1. The lowest BCUT2D eigenvalue weighted by Crippen LogP contribution is -2.17. The molecule has 1 aromatic heterocycles. The zero-order valence-electron chi connectivity index (χ0n) is 10.4. The summed E-state index contributed by atoms with van der Waals surface area (Å²) in [5.74, 6) is -0.740. The Morgan fingerprint density at radius 2 is 1.67 bits per heavy atom. The Morgan fingerprint density at radius 3 is 2.06 bits per heavy atom. The molecule has 0 aliphatic rings. The van der Waals surface area contributed by atoms with Crippen LogP contribution in [0.3, 0.4) is 0 Å². The molecule has 0 aromatic carbocycles. The van der Waals surface area contributed by atoms with Gasteiger partial charge in [-0.3, -0.25) is 4.79 Å². The van der Waals surface area contributed by atoms with Gasteiger partial charge in [-0.05, 0) is 0 Å². The monoisotopic (exact) mass is 257 g/mol. The average Bonchev–Trinajstić information content (AvgIpc) is 2.37. The summed E-state index contributed by atoms with van der Waals surface area (Å²) in [6.07, 6.45) is 0. The molecule has 0 atom stereocenters. The number of aromatic nitrogens is 2. The van der Waals surface area contributed by atoms with Crippen molar-refractivity contribution in [3.8, 4) is 17.8 Å². The first-order valence-corrected chi connectivity index (χ1v) is 5.05. The topological polar surface area (TPSA) is 106 Å². The van der Waals surface area contributed by atoms with E-state index >= 15 is 0 Å². The number of amides is 1. The zero-order chi connectivity index (χ0) is 13.5. The SMILES string of the molecule is COCCOc1nc(OC)c(C(N)=O)c(OC)n1. The maximum atomic E-state index is 11.3. The molecule has 0 unspecified atom stereocenters. The fourth-order valence-corrected chi connectivity index (χ4v) is 1.19. The van der Waals surface area contributed by atoms with Gasteiger partial charge < -0.3 is 24.7 Å². The molecule has 18 heavy (non-hydrogen) atoms. The lowest BCUT2D eigenvalue weighted by atomic mass is 10.3. The van der Waals surface area contributed by atoms with Gasteiger partial charge in [-0.25, -0.2) is 0 Å². The molecule has 100 valence electrons. The Hall–Kier alpha value is -2.09. The van der Waals surface area contributed by atoms with Crippen LogP contribution in [0.5, 0.6) is 17.8 Å². The number of methoxy groups -OCH3 is 3. The van der Waals surface area contributed by atoms with Crippen molar-refractivity contribution < 1.29 is 23.7 Å². The van der Waals surface area contributed by atoms with E-state index in [-0.39, 0.29) is 29.9 Å². The number of ether oxygens (including phenoxy) is 4. The van der Waals surface area contributed by atoms with Crippen LogP contribution in [0.2, 0.25) is 0 Å². The minimum Gasteiger partial charge on any atom is -0.480 e. The van der Waals surface area contributed by atoms with Crippen LogP contribution in [-0.2, 0) is 4.74 Å². The molecule has 0 spiro atoms. The van der Waals surface area contributed by atoms with E-state index in [9.17, 15) is 4.79 Å². The van der Waals surface area contributed by atoms with Crippen LogP contribution >= 0.6 is 0 Å². The molecule has 2 N–H and O–H groups in total. The first-order chi connectivity index (χ1) is 8.63. The van der Waals surface area contributed by atoms with Gasteiger partial charge in [0.05, 0.1) is 20.8 Å². The second-order valence-electron chi connectivity index (χ2n) is 3.11. The summed E-state index contributed by atoms with van der Waals surface area (Å²) in [5, 5.41) is 0. The van der Waals surface area contributed by atoms with Gasteiger partial charge in [-0.1, -0.05) is 0 Å². The summed E-state index contributed by atoms with van der Waals surface area (Å²) in [6, 6.07) is 0.0192. The minimum absolute atomic E-state index is 0.00164. The molecule has 1 rings (SSSR count). The van der Waals surface area contributed by atoms with E-state index in [4.69, 9.17) is 24.7 Å². The molecular formula is C10H15N3O5. The standard InChI is InChI=1S/C10H15N3O5/c1-15-4-5-18-10-12-8(16-2)6(7(11)14)9(13-10)17-3/h4-5H2,1-3H3,(H2,11,14). The Bertz CT molecular complexity index is 399. The molecule has 1 aromatic rings. The highest BCUT2D eigenvalue weighted by atomic mass is 16.5. The summed E-state index contributed by atoms with van der Waals surface area (Å²) in [4.78, 5) is 19.1. The Labute approximate surface area is 104 Å². The van der Waals surface area contributed by atoms with E-state index in [0.717, 1.165) is 0 Å². The van der Waals surface area contributed by atoms with Crippen molar-refractivity contribution in [1.29, 1.82) is 0 Å². The first-order valence-electron chi connectivity index (χ1n) is 5.05. The van der Waals surface area contributed by atoms with E-state index in [0.29, 0.717) is 6.61 Å². The van der Waals surface area contributed by atoms with Crippen LogP contribution in [0.1, 0.15) is 10.4 Å². The van der Waals surface area contributed by atoms with Gasteiger partial charge in [0.25, 0.3) is 5.91 Å². The number of nitrogens with two attached hydrogens (primary N) is 1. The normalized spacial score (nSPS) is 9.94. The molecule has 0 bridgehead atoms. The Morgan fingerprint density at radius 1 is 1.11 bits per heavy atom. The second-order valence-corrected chi connectivity index (χ2v) is 3.11. The predicted molar refractivity (Wildman–Crippen MR) is 61.0 cm³/mol. The van der Waals surface area contributed by atoms with E-state index in [1.807, 2.05) is 0 Å². The highest BCUT2D eigenvalue weighted by molar-refractivity contribution is 5.97. The summed E-state index contributed by atoms with van der Waals surface area (Å²) >= 11 is 0. The van der Waals surface area contributed by atoms with Gasteiger partial charge in [0, 0.05) is 7.11 Å². The van der Waals surface area contributed by atoms with Crippen LogP contribution in [0.15, 0.2) is 0 Å². The highest BCUT2D eigenvalue weighted by Crippen LogP contribution is 2.26. The van der Waals surface area contributed by atoms with E-state index in [1.165, 1.54) is 14.2 Å².